The van der Waals surface area contributed by atoms with E-state index in [0.717, 1.165) is 18.4 Å². The number of carbonyl (C=O) groups is 1. The Hall–Kier alpha value is -2.64. The number of fused-ring (bicyclic) bond motifs is 1. The highest BCUT2D eigenvalue weighted by molar-refractivity contribution is 5.99. The molecule has 2 heterocycles. The lowest BCUT2D eigenvalue weighted by molar-refractivity contribution is 0.0656. The van der Waals surface area contributed by atoms with Gasteiger partial charge in [-0.25, -0.2) is 13.5 Å². The number of aromatic nitrogens is 2. The number of anilines is 1. The molecular weight excluding hydrogens is 342 g/mol. The van der Waals surface area contributed by atoms with Gasteiger partial charge in [-0.15, -0.1) is 0 Å². The second-order valence-electron chi connectivity index (χ2n) is 6.71. The first-order valence-electron chi connectivity index (χ1n) is 8.64. The molecule has 2 atom stereocenters. The molecule has 26 heavy (non-hydrogen) atoms. The molecule has 8 heteroatoms. The number of nitrogens with zero attached hydrogens (tertiary/aromatic N) is 2. The van der Waals surface area contributed by atoms with Crippen LogP contribution >= 0.6 is 0 Å². The molecule has 2 aliphatic rings. The lowest BCUT2D eigenvalue weighted by Crippen LogP contribution is -2.32. The van der Waals surface area contributed by atoms with Crippen molar-refractivity contribution in [1.82, 2.24) is 15.1 Å². The van der Waals surface area contributed by atoms with Crippen molar-refractivity contribution in [2.24, 2.45) is 0 Å². The first kappa shape index (κ1) is 16.8. The van der Waals surface area contributed by atoms with E-state index in [1.54, 1.807) is 19.2 Å². The van der Waals surface area contributed by atoms with Gasteiger partial charge in [-0.2, -0.15) is 5.10 Å². The highest BCUT2D eigenvalue weighted by Gasteiger charge is 2.37. The standard InChI is InChI=1S/C18H20F2N4O2/c1-26-12-6-2-10(3-7-12)14-8-15(16(19)20)24-17(23-14)13(9-21-24)18(25)22-11-4-5-11/h2-3,6-7,9,11,14-16,23H,4-5,8H2,1H3,(H,22,25). The van der Waals surface area contributed by atoms with Crippen LogP contribution in [0.15, 0.2) is 30.5 Å². The number of hydrogen-bond acceptors (Lipinski definition) is 4. The van der Waals surface area contributed by atoms with E-state index < -0.39 is 12.5 Å². The maximum atomic E-state index is 13.6. The number of amides is 1. The second-order valence-corrected chi connectivity index (χ2v) is 6.71. The summed E-state index contributed by atoms with van der Waals surface area (Å²) < 4.78 is 33.6. The van der Waals surface area contributed by atoms with Gasteiger partial charge >= 0.3 is 0 Å². The van der Waals surface area contributed by atoms with Gasteiger partial charge in [0.1, 0.15) is 23.2 Å². The Morgan fingerprint density at radius 1 is 1.35 bits per heavy atom. The summed E-state index contributed by atoms with van der Waals surface area (Å²) in [6.07, 6.45) is 0.887. The van der Waals surface area contributed by atoms with E-state index in [1.807, 2.05) is 12.1 Å². The Balaban J connectivity index is 1.65. The van der Waals surface area contributed by atoms with Gasteiger partial charge in [0.05, 0.1) is 19.3 Å². The summed E-state index contributed by atoms with van der Waals surface area (Å²) in [5.74, 6) is 0.773. The van der Waals surface area contributed by atoms with Crippen LogP contribution in [0.1, 0.15) is 47.3 Å². The molecule has 1 aromatic heterocycles. The van der Waals surface area contributed by atoms with E-state index in [1.165, 1.54) is 10.9 Å². The van der Waals surface area contributed by atoms with Crippen LogP contribution in [0.25, 0.3) is 0 Å². The molecule has 1 aliphatic carbocycles. The largest absolute Gasteiger partial charge is 0.497 e. The normalized spacial score (nSPS) is 21.8. The lowest BCUT2D eigenvalue weighted by atomic mass is 9.97. The van der Waals surface area contributed by atoms with Crippen molar-refractivity contribution in [2.75, 3.05) is 12.4 Å². The maximum absolute atomic E-state index is 13.6. The van der Waals surface area contributed by atoms with Crippen LogP contribution in [-0.4, -0.2) is 35.3 Å². The molecular formula is C18H20F2N4O2. The molecule has 1 fully saturated rings. The minimum absolute atomic E-state index is 0.183. The molecule has 1 aliphatic heterocycles. The first-order valence-corrected chi connectivity index (χ1v) is 8.64. The summed E-state index contributed by atoms with van der Waals surface area (Å²) >= 11 is 0. The fourth-order valence-corrected chi connectivity index (χ4v) is 3.25. The van der Waals surface area contributed by atoms with Crippen LogP contribution in [0, 0.1) is 0 Å². The molecule has 1 aromatic carbocycles. The summed E-state index contributed by atoms with van der Waals surface area (Å²) in [5.41, 5.74) is 1.17. The van der Waals surface area contributed by atoms with E-state index in [-0.39, 0.29) is 24.4 Å². The Bertz CT molecular complexity index is 802. The molecule has 2 N–H and O–H groups in total. The van der Waals surface area contributed by atoms with Crippen LogP contribution in [-0.2, 0) is 0 Å². The number of nitrogens with one attached hydrogen (secondary N) is 2. The Morgan fingerprint density at radius 2 is 2.08 bits per heavy atom. The van der Waals surface area contributed by atoms with Crippen LogP contribution in [0.2, 0.25) is 0 Å². The third kappa shape index (κ3) is 3.11. The highest BCUT2D eigenvalue weighted by Crippen LogP contribution is 2.39. The molecule has 4 rings (SSSR count). The van der Waals surface area contributed by atoms with Gasteiger partial charge in [-0.1, -0.05) is 12.1 Å². The topological polar surface area (TPSA) is 68.2 Å². The van der Waals surface area contributed by atoms with Crippen molar-refractivity contribution in [3.8, 4) is 5.75 Å². The van der Waals surface area contributed by atoms with Crippen LogP contribution < -0.4 is 15.4 Å². The molecule has 1 amide bonds. The van der Waals surface area contributed by atoms with Crippen molar-refractivity contribution in [2.45, 2.75) is 43.8 Å². The molecule has 0 saturated heterocycles. The average Bonchev–Trinajstić information content (AvgIpc) is 3.35. The van der Waals surface area contributed by atoms with Gasteiger partial charge in [0.2, 0.25) is 0 Å². The molecule has 2 aromatic rings. The zero-order chi connectivity index (χ0) is 18.3. The SMILES string of the molecule is COc1ccc(C2CC(C(F)F)n3ncc(C(=O)NC4CC4)c3N2)cc1. The van der Waals surface area contributed by atoms with E-state index >= 15 is 0 Å². The summed E-state index contributed by atoms with van der Waals surface area (Å²) in [6.45, 7) is 0. The second kappa shape index (κ2) is 6.59. The van der Waals surface area contributed by atoms with Gasteiger partial charge in [-0.05, 0) is 37.0 Å². The fraction of sp³-hybridized carbons (Fsp3) is 0.444. The molecule has 6 nitrogen and oxygen atoms in total. The summed E-state index contributed by atoms with van der Waals surface area (Å²) in [7, 11) is 1.57. The predicted octanol–water partition coefficient (Wildman–Crippen LogP) is 3.15. The smallest absolute Gasteiger partial charge is 0.260 e. The van der Waals surface area contributed by atoms with E-state index in [4.69, 9.17) is 4.74 Å². The Labute approximate surface area is 149 Å². The van der Waals surface area contributed by atoms with Crippen molar-refractivity contribution in [3.63, 3.8) is 0 Å². The zero-order valence-electron chi connectivity index (χ0n) is 14.3. The van der Waals surface area contributed by atoms with Gasteiger partial charge in [-0.3, -0.25) is 4.79 Å². The van der Waals surface area contributed by atoms with Gasteiger partial charge in [0.25, 0.3) is 12.3 Å². The number of rotatable bonds is 5. The third-order valence-electron chi connectivity index (χ3n) is 4.86. The molecule has 2 unspecified atom stereocenters. The number of alkyl halides is 2. The van der Waals surface area contributed by atoms with E-state index in [2.05, 4.69) is 15.7 Å². The van der Waals surface area contributed by atoms with Crippen molar-refractivity contribution in [1.29, 1.82) is 0 Å². The fourth-order valence-electron chi connectivity index (χ4n) is 3.25. The maximum Gasteiger partial charge on any atom is 0.260 e. The molecule has 0 spiro atoms. The number of methoxy groups -OCH3 is 1. The van der Waals surface area contributed by atoms with Gasteiger partial charge in [0, 0.05) is 6.04 Å². The van der Waals surface area contributed by atoms with Crippen molar-refractivity contribution in [3.05, 3.63) is 41.6 Å². The number of halogens is 2. The Kier molecular flexibility index (Phi) is 4.26. The molecule has 0 bridgehead atoms. The number of carbonyl (C=O) groups excluding carboxylic acids is 1. The van der Waals surface area contributed by atoms with E-state index in [9.17, 15) is 13.6 Å². The third-order valence-corrected chi connectivity index (χ3v) is 4.86. The molecule has 0 radical (unpaired) electrons. The van der Waals surface area contributed by atoms with Crippen molar-refractivity contribution < 1.29 is 18.3 Å². The van der Waals surface area contributed by atoms with Crippen LogP contribution in [0.3, 0.4) is 0 Å². The van der Waals surface area contributed by atoms with Crippen LogP contribution in [0.5, 0.6) is 5.75 Å². The predicted molar refractivity (Wildman–Crippen MR) is 91.7 cm³/mol. The monoisotopic (exact) mass is 362 g/mol. The lowest BCUT2D eigenvalue weighted by Gasteiger charge is -2.32. The Morgan fingerprint density at radius 3 is 2.69 bits per heavy atom. The summed E-state index contributed by atoms with van der Waals surface area (Å²) in [4.78, 5) is 12.4. The number of benzene rings is 1. The first-order chi connectivity index (χ1) is 12.6. The number of hydrogen-bond donors (Lipinski definition) is 2. The summed E-state index contributed by atoms with van der Waals surface area (Å²) in [5, 5.41) is 10.2. The van der Waals surface area contributed by atoms with Crippen LogP contribution in [0.4, 0.5) is 14.6 Å². The summed E-state index contributed by atoms with van der Waals surface area (Å²) in [6, 6.07) is 6.04. The molecule has 138 valence electrons. The number of ether oxygens (including phenoxy) is 1. The quantitative estimate of drug-likeness (QED) is 0.857. The van der Waals surface area contributed by atoms with Crippen molar-refractivity contribution >= 4 is 11.7 Å². The van der Waals surface area contributed by atoms with Gasteiger partial charge < -0.3 is 15.4 Å². The van der Waals surface area contributed by atoms with Gasteiger partial charge in [0.15, 0.2) is 0 Å². The molecule has 1 saturated carbocycles. The van der Waals surface area contributed by atoms with E-state index in [0.29, 0.717) is 17.1 Å². The highest BCUT2D eigenvalue weighted by atomic mass is 19.3. The minimum Gasteiger partial charge on any atom is -0.497 e. The minimum atomic E-state index is -2.57. The zero-order valence-corrected chi connectivity index (χ0v) is 14.3. The average molecular weight is 362 g/mol.